The van der Waals surface area contributed by atoms with Crippen molar-refractivity contribution < 1.29 is 9.47 Å². The van der Waals surface area contributed by atoms with Crippen LogP contribution in [0.2, 0.25) is 20.1 Å². The third kappa shape index (κ3) is 6.42. The maximum Gasteiger partial charge on any atom is 0.157 e. The molecular weight excluding hydrogens is 430 g/mol. The Balaban J connectivity index is 0.000000208. The van der Waals surface area contributed by atoms with Gasteiger partial charge < -0.3 is 20.9 Å². The summed E-state index contributed by atoms with van der Waals surface area (Å²) in [6.07, 6.45) is 6.13. The van der Waals surface area contributed by atoms with Gasteiger partial charge in [-0.15, -0.1) is 0 Å². The number of benzene rings is 2. The van der Waals surface area contributed by atoms with E-state index in [1.807, 2.05) is 0 Å². The molecule has 4 N–H and O–H groups in total. The Morgan fingerprint density at radius 2 is 1.15 bits per heavy atom. The summed E-state index contributed by atoms with van der Waals surface area (Å²) in [6.45, 7) is 0. The zero-order valence-corrected chi connectivity index (χ0v) is 17.9. The third-order valence-corrected chi connectivity index (χ3v) is 5.21. The van der Waals surface area contributed by atoms with Gasteiger partial charge in [0.25, 0.3) is 0 Å². The van der Waals surface area contributed by atoms with Crippen molar-refractivity contribution in [2.75, 3.05) is 18.6 Å². The smallest absolute Gasteiger partial charge is 0.157 e. The van der Waals surface area contributed by atoms with Gasteiger partial charge in [-0.2, -0.15) is 0 Å². The molecule has 0 spiro atoms. The van der Waals surface area contributed by atoms with E-state index in [-0.39, 0.29) is 6.10 Å². The van der Waals surface area contributed by atoms with Gasteiger partial charge in [0.05, 0.1) is 33.3 Å². The fraction of sp³-hybridized carbons (Fsp3) is 0.368. The standard InChI is InChI=1S/C12H15Cl2NO.C7H7Cl2NO/c13-10-6-8(15)7-11(14)12(10)16-9-4-2-1-3-5-9;1-11-7-5(8)2-4(10)3-6(7)9/h6-7,9H,1-5,15H2;2-3H,10H2,1H3. The summed E-state index contributed by atoms with van der Waals surface area (Å²) in [5.41, 5.74) is 12.2. The van der Waals surface area contributed by atoms with Crippen molar-refractivity contribution in [3.05, 3.63) is 44.4 Å². The van der Waals surface area contributed by atoms with E-state index in [0.29, 0.717) is 43.0 Å². The van der Waals surface area contributed by atoms with Gasteiger partial charge in [0.1, 0.15) is 0 Å². The molecule has 0 saturated heterocycles. The SMILES string of the molecule is COc1c(Cl)cc(N)cc1Cl.Nc1cc(Cl)c(OC2CCCCC2)c(Cl)c1. The van der Waals surface area contributed by atoms with Crippen LogP contribution >= 0.6 is 46.4 Å². The summed E-state index contributed by atoms with van der Waals surface area (Å²) in [6, 6.07) is 6.52. The van der Waals surface area contributed by atoms with Crippen molar-refractivity contribution in [1.29, 1.82) is 0 Å². The summed E-state index contributed by atoms with van der Waals surface area (Å²) < 4.78 is 10.8. The van der Waals surface area contributed by atoms with E-state index in [1.165, 1.54) is 26.4 Å². The molecule has 0 aliphatic heterocycles. The zero-order chi connectivity index (χ0) is 20.0. The van der Waals surface area contributed by atoms with Gasteiger partial charge in [-0.25, -0.2) is 0 Å². The lowest BCUT2D eigenvalue weighted by Crippen LogP contribution is -2.20. The highest BCUT2D eigenvalue weighted by molar-refractivity contribution is 6.38. The Labute approximate surface area is 179 Å². The number of rotatable bonds is 3. The number of methoxy groups -OCH3 is 1. The van der Waals surface area contributed by atoms with E-state index < -0.39 is 0 Å². The highest BCUT2D eigenvalue weighted by atomic mass is 35.5. The molecule has 0 unspecified atom stereocenters. The predicted octanol–water partition coefficient (Wildman–Crippen LogP) is 6.87. The molecule has 1 fully saturated rings. The number of ether oxygens (including phenoxy) is 2. The minimum absolute atomic E-state index is 0.243. The number of nitrogen functional groups attached to an aromatic ring is 2. The van der Waals surface area contributed by atoms with Crippen LogP contribution in [0.4, 0.5) is 11.4 Å². The summed E-state index contributed by atoms with van der Waals surface area (Å²) in [4.78, 5) is 0. The maximum absolute atomic E-state index is 6.06. The number of nitrogens with two attached hydrogens (primary N) is 2. The van der Waals surface area contributed by atoms with Crippen LogP contribution in [0.1, 0.15) is 32.1 Å². The molecule has 1 aliphatic carbocycles. The average Bonchev–Trinajstić information content (AvgIpc) is 2.59. The molecule has 1 aliphatic rings. The Bertz CT molecular complexity index is 734. The van der Waals surface area contributed by atoms with Crippen molar-refractivity contribution in [3.8, 4) is 11.5 Å². The molecule has 0 radical (unpaired) electrons. The topological polar surface area (TPSA) is 70.5 Å². The molecule has 1 saturated carbocycles. The van der Waals surface area contributed by atoms with Crippen molar-refractivity contribution in [2.24, 2.45) is 0 Å². The van der Waals surface area contributed by atoms with Crippen LogP contribution in [0.15, 0.2) is 24.3 Å². The van der Waals surface area contributed by atoms with E-state index >= 15 is 0 Å². The van der Waals surface area contributed by atoms with Crippen molar-refractivity contribution in [2.45, 2.75) is 38.2 Å². The maximum atomic E-state index is 6.06. The second kappa shape index (κ2) is 10.4. The number of halogens is 4. The minimum Gasteiger partial charge on any atom is -0.494 e. The molecule has 4 nitrogen and oxygen atoms in total. The summed E-state index contributed by atoms with van der Waals surface area (Å²) in [7, 11) is 1.50. The Kier molecular flexibility index (Phi) is 8.49. The normalized spacial score (nSPS) is 14.3. The molecule has 2 aromatic rings. The molecule has 2 aromatic carbocycles. The Morgan fingerprint density at radius 1 is 0.741 bits per heavy atom. The van der Waals surface area contributed by atoms with E-state index in [4.69, 9.17) is 67.3 Å². The first-order chi connectivity index (χ1) is 12.8. The van der Waals surface area contributed by atoms with Crippen LogP contribution in [-0.4, -0.2) is 13.2 Å². The van der Waals surface area contributed by atoms with Gasteiger partial charge in [0, 0.05) is 11.4 Å². The van der Waals surface area contributed by atoms with E-state index in [0.717, 1.165) is 12.8 Å². The van der Waals surface area contributed by atoms with Gasteiger partial charge in [-0.05, 0) is 49.9 Å². The highest BCUT2D eigenvalue weighted by Gasteiger charge is 2.18. The number of hydrogen-bond acceptors (Lipinski definition) is 4. The van der Waals surface area contributed by atoms with E-state index in [1.54, 1.807) is 24.3 Å². The average molecular weight is 452 g/mol. The minimum atomic E-state index is 0.243. The van der Waals surface area contributed by atoms with Crippen LogP contribution in [-0.2, 0) is 0 Å². The lowest BCUT2D eigenvalue weighted by molar-refractivity contribution is 0.155. The molecule has 3 rings (SSSR count). The van der Waals surface area contributed by atoms with E-state index in [2.05, 4.69) is 0 Å². The number of hydrogen-bond donors (Lipinski definition) is 2. The zero-order valence-electron chi connectivity index (χ0n) is 14.9. The van der Waals surface area contributed by atoms with Crippen LogP contribution in [0.5, 0.6) is 11.5 Å². The van der Waals surface area contributed by atoms with E-state index in [9.17, 15) is 0 Å². The highest BCUT2D eigenvalue weighted by Crippen LogP contribution is 2.37. The van der Waals surface area contributed by atoms with Gasteiger partial charge >= 0.3 is 0 Å². The molecule has 0 bridgehead atoms. The first-order valence-electron chi connectivity index (χ1n) is 8.51. The fourth-order valence-corrected chi connectivity index (χ4v) is 4.07. The van der Waals surface area contributed by atoms with Gasteiger partial charge in [-0.1, -0.05) is 52.8 Å². The largest absolute Gasteiger partial charge is 0.494 e. The summed E-state index contributed by atoms with van der Waals surface area (Å²) in [5.74, 6) is 1.03. The summed E-state index contributed by atoms with van der Waals surface area (Å²) >= 11 is 23.6. The Morgan fingerprint density at radius 3 is 1.56 bits per heavy atom. The van der Waals surface area contributed by atoms with Crippen LogP contribution < -0.4 is 20.9 Å². The molecule has 27 heavy (non-hydrogen) atoms. The van der Waals surface area contributed by atoms with Crippen molar-refractivity contribution in [1.82, 2.24) is 0 Å². The first kappa shape index (κ1) is 22.1. The Hall–Kier alpha value is -1.20. The molecule has 0 aromatic heterocycles. The van der Waals surface area contributed by atoms with Gasteiger partial charge in [-0.3, -0.25) is 0 Å². The van der Waals surface area contributed by atoms with Gasteiger partial charge in [0.15, 0.2) is 11.5 Å². The summed E-state index contributed by atoms with van der Waals surface area (Å²) in [5, 5.41) is 1.85. The molecular formula is C19H22Cl4N2O2. The second-order valence-corrected chi connectivity index (χ2v) is 7.84. The fourth-order valence-electron chi connectivity index (χ4n) is 2.82. The first-order valence-corrected chi connectivity index (χ1v) is 10.0. The molecule has 0 atom stereocenters. The number of anilines is 2. The van der Waals surface area contributed by atoms with Crippen molar-refractivity contribution in [3.63, 3.8) is 0 Å². The second-order valence-electron chi connectivity index (χ2n) is 6.21. The predicted molar refractivity (Wildman–Crippen MR) is 116 cm³/mol. The van der Waals surface area contributed by atoms with Crippen molar-refractivity contribution >= 4 is 57.8 Å². The van der Waals surface area contributed by atoms with Crippen LogP contribution in [0.25, 0.3) is 0 Å². The van der Waals surface area contributed by atoms with Gasteiger partial charge in [0.2, 0.25) is 0 Å². The lowest BCUT2D eigenvalue weighted by atomic mass is 9.98. The molecule has 148 valence electrons. The van der Waals surface area contributed by atoms with Crippen LogP contribution in [0.3, 0.4) is 0 Å². The molecule has 0 heterocycles. The molecule has 0 amide bonds. The quantitative estimate of drug-likeness (QED) is 0.499. The third-order valence-electron chi connectivity index (χ3n) is 4.08. The monoisotopic (exact) mass is 450 g/mol. The molecule has 8 heteroatoms. The lowest BCUT2D eigenvalue weighted by Gasteiger charge is -2.24. The van der Waals surface area contributed by atoms with Crippen LogP contribution in [0, 0.1) is 0 Å².